The number of ether oxygens (including phenoxy) is 2. The van der Waals surface area contributed by atoms with Crippen LogP contribution in [0.3, 0.4) is 0 Å². The molecule has 0 aromatic rings. The van der Waals surface area contributed by atoms with Crippen molar-refractivity contribution in [2.45, 2.75) is 65.2 Å². The van der Waals surface area contributed by atoms with Crippen LogP contribution >= 0.6 is 0 Å². The summed E-state index contributed by atoms with van der Waals surface area (Å²) in [5.41, 5.74) is 1.47. The Morgan fingerprint density at radius 2 is 1.83 bits per heavy atom. The molecule has 0 amide bonds. The van der Waals surface area contributed by atoms with Crippen molar-refractivity contribution in [2.24, 2.45) is 0 Å². The first kappa shape index (κ1) is 15.7. The molecule has 0 heterocycles. The number of allylic oxidation sites excluding steroid dienone is 1. The van der Waals surface area contributed by atoms with Gasteiger partial charge in [0, 0.05) is 13.2 Å². The second kappa shape index (κ2) is 9.54. The Morgan fingerprint density at radius 1 is 1.11 bits per heavy atom. The molecule has 106 valence electrons. The van der Waals surface area contributed by atoms with Crippen LogP contribution in [0.4, 0.5) is 0 Å². The van der Waals surface area contributed by atoms with Crippen molar-refractivity contribution in [3.05, 3.63) is 11.6 Å². The van der Waals surface area contributed by atoms with Crippen molar-refractivity contribution in [3.8, 4) is 0 Å². The number of hydrogen-bond donors (Lipinski definition) is 1. The Morgan fingerprint density at radius 3 is 2.44 bits per heavy atom. The summed E-state index contributed by atoms with van der Waals surface area (Å²) < 4.78 is 11.5. The normalized spacial score (nSPS) is 18.6. The third kappa shape index (κ3) is 5.09. The molecule has 0 aromatic heterocycles. The quantitative estimate of drug-likeness (QED) is 0.533. The second-order valence-electron chi connectivity index (χ2n) is 4.69. The minimum absolute atomic E-state index is 0.149. The Hall–Kier alpha value is -0.380. The fourth-order valence-electron chi connectivity index (χ4n) is 2.51. The van der Waals surface area contributed by atoms with Gasteiger partial charge in [-0.3, -0.25) is 0 Å². The van der Waals surface area contributed by atoms with Crippen molar-refractivity contribution in [3.63, 3.8) is 0 Å². The van der Waals surface area contributed by atoms with E-state index in [2.05, 4.69) is 18.3 Å². The Bertz CT molecular complexity index is 235. The van der Waals surface area contributed by atoms with Crippen LogP contribution in [0, 0.1) is 0 Å². The van der Waals surface area contributed by atoms with Crippen molar-refractivity contribution >= 4 is 0 Å². The van der Waals surface area contributed by atoms with Gasteiger partial charge in [-0.1, -0.05) is 25.0 Å². The molecule has 1 rings (SSSR count). The average Bonchev–Trinajstić information content (AvgIpc) is 2.64. The fourth-order valence-corrected chi connectivity index (χ4v) is 2.51. The van der Waals surface area contributed by atoms with Crippen molar-refractivity contribution < 1.29 is 9.47 Å². The highest BCUT2D eigenvalue weighted by Gasteiger charge is 2.25. The maximum atomic E-state index is 5.77. The summed E-state index contributed by atoms with van der Waals surface area (Å²) in [6.07, 6.45) is 8.56. The molecule has 0 aliphatic heterocycles. The van der Waals surface area contributed by atoms with Crippen LogP contribution in [0.15, 0.2) is 11.6 Å². The van der Waals surface area contributed by atoms with Gasteiger partial charge in [0.25, 0.3) is 0 Å². The molecule has 0 radical (unpaired) electrons. The molecule has 3 nitrogen and oxygen atoms in total. The minimum Gasteiger partial charge on any atom is -0.351 e. The molecular weight excluding hydrogens is 226 g/mol. The topological polar surface area (TPSA) is 30.5 Å². The number of hydrogen-bond acceptors (Lipinski definition) is 3. The van der Waals surface area contributed by atoms with Crippen molar-refractivity contribution in [2.75, 3.05) is 19.8 Å². The first-order valence-electron chi connectivity index (χ1n) is 7.48. The second-order valence-corrected chi connectivity index (χ2v) is 4.69. The zero-order valence-corrected chi connectivity index (χ0v) is 12.2. The molecule has 1 aliphatic carbocycles. The number of nitrogens with one attached hydrogen (secondary N) is 1. The van der Waals surface area contributed by atoms with Gasteiger partial charge < -0.3 is 14.8 Å². The van der Waals surface area contributed by atoms with E-state index < -0.39 is 0 Å². The van der Waals surface area contributed by atoms with Gasteiger partial charge in [-0.15, -0.1) is 0 Å². The highest BCUT2D eigenvalue weighted by Crippen LogP contribution is 2.23. The summed E-state index contributed by atoms with van der Waals surface area (Å²) in [6, 6.07) is 0.216. The lowest BCUT2D eigenvalue weighted by Crippen LogP contribution is -2.44. The van der Waals surface area contributed by atoms with Gasteiger partial charge in [0.2, 0.25) is 0 Å². The standard InChI is InChI=1S/C15H29NO2/c1-4-16-14(15(17-5-2)18-6-3)13-11-9-7-8-10-12-13/h11,14-16H,4-10,12H2,1-3H3. The van der Waals surface area contributed by atoms with E-state index in [0.29, 0.717) is 13.2 Å². The lowest BCUT2D eigenvalue weighted by molar-refractivity contribution is -0.148. The largest absolute Gasteiger partial charge is 0.351 e. The predicted octanol–water partition coefficient (Wildman–Crippen LogP) is 3.25. The Kier molecular flexibility index (Phi) is 8.31. The van der Waals surface area contributed by atoms with Crippen LogP contribution in [0.5, 0.6) is 0 Å². The van der Waals surface area contributed by atoms with Gasteiger partial charge in [0.05, 0.1) is 6.04 Å². The van der Waals surface area contributed by atoms with Gasteiger partial charge in [-0.05, 0) is 46.1 Å². The Labute approximate surface area is 112 Å². The van der Waals surface area contributed by atoms with E-state index in [9.17, 15) is 0 Å². The average molecular weight is 255 g/mol. The van der Waals surface area contributed by atoms with Crippen LogP contribution in [-0.4, -0.2) is 32.1 Å². The zero-order chi connectivity index (χ0) is 13.2. The van der Waals surface area contributed by atoms with Crippen LogP contribution in [0.25, 0.3) is 0 Å². The molecule has 1 atom stereocenters. The molecule has 3 heteroatoms. The summed E-state index contributed by atoms with van der Waals surface area (Å²) in [7, 11) is 0. The molecule has 0 aromatic carbocycles. The van der Waals surface area contributed by atoms with Gasteiger partial charge in [-0.2, -0.15) is 0 Å². The van der Waals surface area contributed by atoms with Crippen LogP contribution in [0.2, 0.25) is 0 Å². The molecular formula is C15H29NO2. The lowest BCUT2D eigenvalue weighted by Gasteiger charge is -2.29. The first-order chi connectivity index (χ1) is 8.83. The summed E-state index contributed by atoms with van der Waals surface area (Å²) in [5.74, 6) is 0. The smallest absolute Gasteiger partial charge is 0.176 e. The monoisotopic (exact) mass is 255 g/mol. The molecule has 0 spiro atoms. The molecule has 0 fully saturated rings. The molecule has 0 saturated carbocycles. The van der Waals surface area contributed by atoms with Crippen LogP contribution in [0.1, 0.15) is 52.9 Å². The summed E-state index contributed by atoms with van der Waals surface area (Å²) >= 11 is 0. The molecule has 18 heavy (non-hydrogen) atoms. The first-order valence-corrected chi connectivity index (χ1v) is 7.48. The highest BCUT2D eigenvalue weighted by atomic mass is 16.7. The molecule has 0 saturated heterocycles. The van der Waals surface area contributed by atoms with Crippen molar-refractivity contribution in [1.82, 2.24) is 5.32 Å². The lowest BCUT2D eigenvalue weighted by atomic mass is 10.0. The van der Waals surface area contributed by atoms with E-state index >= 15 is 0 Å². The highest BCUT2D eigenvalue weighted by molar-refractivity contribution is 5.13. The third-order valence-electron chi connectivity index (χ3n) is 3.33. The van der Waals surface area contributed by atoms with E-state index in [4.69, 9.17) is 9.47 Å². The maximum Gasteiger partial charge on any atom is 0.176 e. The summed E-state index contributed by atoms with van der Waals surface area (Å²) in [4.78, 5) is 0. The number of likely N-dealkylation sites (N-methyl/N-ethyl adjacent to an activating group) is 1. The van der Waals surface area contributed by atoms with Gasteiger partial charge in [0.15, 0.2) is 6.29 Å². The van der Waals surface area contributed by atoms with E-state index in [-0.39, 0.29) is 12.3 Å². The minimum atomic E-state index is -0.149. The SMILES string of the molecule is CCNC(C1=CCCCCC1)C(OCC)OCC. The van der Waals surface area contributed by atoms with Crippen molar-refractivity contribution in [1.29, 1.82) is 0 Å². The molecule has 1 unspecified atom stereocenters. The molecule has 0 bridgehead atoms. The predicted molar refractivity (Wildman–Crippen MR) is 75.7 cm³/mol. The molecule has 1 aliphatic rings. The fraction of sp³-hybridized carbons (Fsp3) is 0.867. The molecule has 1 N–H and O–H groups in total. The maximum absolute atomic E-state index is 5.77. The van der Waals surface area contributed by atoms with E-state index in [1.165, 1.54) is 37.7 Å². The van der Waals surface area contributed by atoms with E-state index in [0.717, 1.165) is 6.54 Å². The van der Waals surface area contributed by atoms with E-state index in [1.54, 1.807) is 0 Å². The number of rotatable bonds is 8. The summed E-state index contributed by atoms with van der Waals surface area (Å²) in [6.45, 7) is 8.52. The van der Waals surface area contributed by atoms with E-state index in [1.807, 2.05) is 13.8 Å². The zero-order valence-electron chi connectivity index (χ0n) is 12.2. The van der Waals surface area contributed by atoms with Gasteiger partial charge in [0.1, 0.15) is 0 Å². The van der Waals surface area contributed by atoms with Gasteiger partial charge in [-0.25, -0.2) is 0 Å². The third-order valence-corrected chi connectivity index (χ3v) is 3.33. The van der Waals surface area contributed by atoms with Gasteiger partial charge >= 0.3 is 0 Å². The van der Waals surface area contributed by atoms with Crippen LogP contribution < -0.4 is 5.32 Å². The Balaban J connectivity index is 2.72. The van der Waals surface area contributed by atoms with Crippen LogP contribution in [-0.2, 0) is 9.47 Å². The summed E-state index contributed by atoms with van der Waals surface area (Å²) in [5, 5.41) is 3.53.